The van der Waals surface area contributed by atoms with Gasteiger partial charge < -0.3 is 15.2 Å². The Bertz CT molecular complexity index is 589. The van der Waals surface area contributed by atoms with Crippen molar-refractivity contribution >= 4 is 41.5 Å². The Kier molecular flexibility index (Phi) is 8.26. The number of hydrogen-bond donors (Lipinski definition) is 2. The molecule has 5 nitrogen and oxygen atoms in total. The molecule has 1 unspecified atom stereocenters. The highest BCUT2D eigenvalue weighted by atomic mass is 127. The van der Waals surface area contributed by atoms with Crippen LogP contribution in [0.2, 0.25) is 5.02 Å². The fourth-order valence-corrected chi connectivity index (χ4v) is 2.21. The van der Waals surface area contributed by atoms with Gasteiger partial charge >= 0.3 is 0 Å². The third kappa shape index (κ3) is 5.49. The molecule has 7 heteroatoms. The van der Waals surface area contributed by atoms with Crippen LogP contribution in [0.5, 0.6) is 0 Å². The summed E-state index contributed by atoms with van der Waals surface area (Å²) in [6.45, 7) is 5.30. The molecule has 2 N–H and O–H groups in total. The summed E-state index contributed by atoms with van der Waals surface area (Å²) in [6, 6.07) is 9.62. The first kappa shape index (κ1) is 18.8. The van der Waals surface area contributed by atoms with E-state index in [4.69, 9.17) is 16.1 Å². The molecule has 120 valence electrons. The Morgan fingerprint density at radius 2 is 2.14 bits per heavy atom. The molecule has 0 spiro atoms. The molecule has 0 fully saturated rings. The van der Waals surface area contributed by atoms with Gasteiger partial charge in [-0.05, 0) is 25.5 Å². The maximum atomic E-state index is 6.22. The number of halogens is 2. The van der Waals surface area contributed by atoms with E-state index in [0.29, 0.717) is 12.5 Å². The molecule has 2 aromatic rings. The first-order valence-electron chi connectivity index (χ1n) is 6.89. The van der Waals surface area contributed by atoms with Crippen LogP contribution in [-0.4, -0.2) is 17.7 Å². The van der Waals surface area contributed by atoms with E-state index in [-0.39, 0.29) is 30.0 Å². The molecule has 0 aliphatic rings. The summed E-state index contributed by atoms with van der Waals surface area (Å²) in [7, 11) is 0. The molecule has 0 amide bonds. The van der Waals surface area contributed by atoms with Crippen LogP contribution in [0.1, 0.15) is 31.1 Å². The lowest BCUT2D eigenvalue weighted by molar-refractivity contribution is 0.412. The monoisotopic (exact) mass is 434 g/mol. The lowest BCUT2D eigenvalue weighted by Gasteiger charge is -2.19. The van der Waals surface area contributed by atoms with Crippen molar-refractivity contribution in [1.29, 1.82) is 0 Å². The van der Waals surface area contributed by atoms with Crippen molar-refractivity contribution in [2.24, 2.45) is 4.99 Å². The molecule has 0 saturated heterocycles. The minimum Gasteiger partial charge on any atom is -0.364 e. The van der Waals surface area contributed by atoms with Crippen molar-refractivity contribution in [3.05, 3.63) is 52.9 Å². The standard InChI is InChI=1S/C15H19ClN4O.HI/c1-3-17-15(18-10-12-8-9-21-20-12)19-11(2)13-6-4-5-7-14(13)16;/h4-9,11H,3,10H2,1-2H3,(H2,17,18,19);1H. The first-order chi connectivity index (χ1) is 10.2. The molecule has 0 aliphatic carbocycles. The molecule has 0 bridgehead atoms. The maximum Gasteiger partial charge on any atom is 0.192 e. The second-order valence-electron chi connectivity index (χ2n) is 4.57. The Labute approximate surface area is 152 Å². The topological polar surface area (TPSA) is 62.5 Å². The summed E-state index contributed by atoms with van der Waals surface area (Å²) >= 11 is 6.22. The second-order valence-corrected chi connectivity index (χ2v) is 4.98. The SMILES string of the molecule is CCNC(=NCc1ccon1)NC(C)c1ccccc1Cl.I. The molecule has 1 aromatic heterocycles. The highest BCUT2D eigenvalue weighted by molar-refractivity contribution is 14.0. The van der Waals surface area contributed by atoms with Crippen LogP contribution in [0.15, 0.2) is 46.1 Å². The van der Waals surface area contributed by atoms with Crippen LogP contribution in [0.3, 0.4) is 0 Å². The number of hydrogen-bond acceptors (Lipinski definition) is 3. The van der Waals surface area contributed by atoms with Gasteiger partial charge in [0.15, 0.2) is 5.96 Å². The number of aliphatic imine (C=N–C) groups is 1. The molecular weight excluding hydrogens is 415 g/mol. The largest absolute Gasteiger partial charge is 0.364 e. The number of nitrogens with zero attached hydrogens (tertiary/aromatic N) is 2. The fourth-order valence-electron chi connectivity index (χ4n) is 1.91. The van der Waals surface area contributed by atoms with E-state index >= 15 is 0 Å². The zero-order chi connectivity index (χ0) is 15.1. The quantitative estimate of drug-likeness (QED) is 0.427. The summed E-state index contributed by atoms with van der Waals surface area (Å²) in [4.78, 5) is 4.48. The summed E-state index contributed by atoms with van der Waals surface area (Å²) in [5, 5.41) is 11.1. The Morgan fingerprint density at radius 3 is 2.77 bits per heavy atom. The highest BCUT2D eigenvalue weighted by Gasteiger charge is 2.10. The smallest absolute Gasteiger partial charge is 0.192 e. The van der Waals surface area contributed by atoms with Crippen LogP contribution < -0.4 is 10.6 Å². The van der Waals surface area contributed by atoms with Crippen molar-refractivity contribution < 1.29 is 4.52 Å². The van der Waals surface area contributed by atoms with Gasteiger partial charge in [-0.15, -0.1) is 24.0 Å². The Hall–Kier alpha value is -1.28. The van der Waals surface area contributed by atoms with Gasteiger partial charge in [0.25, 0.3) is 0 Å². The van der Waals surface area contributed by atoms with Gasteiger partial charge in [-0.1, -0.05) is 35.0 Å². The van der Waals surface area contributed by atoms with Crippen LogP contribution in [0.25, 0.3) is 0 Å². The molecule has 1 heterocycles. The molecule has 0 radical (unpaired) electrons. The fraction of sp³-hybridized carbons (Fsp3) is 0.333. The predicted octanol–water partition coefficient (Wildman–Crippen LogP) is 3.76. The zero-order valence-electron chi connectivity index (χ0n) is 12.5. The molecule has 0 aliphatic heterocycles. The van der Waals surface area contributed by atoms with Gasteiger partial charge in [0.1, 0.15) is 12.0 Å². The third-order valence-electron chi connectivity index (χ3n) is 2.96. The normalized spacial score (nSPS) is 12.4. The van der Waals surface area contributed by atoms with Crippen LogP contribution in [0, 0.1) is 0 Å². The summed E-state index contributed by atoms with van der Waals surface area (Å²) in [5.41, 5.74) is 1.82. The average Bonchev–Trinajstić information content (AvgIpc) is 2.98. The van der Waals surface area contributed by atoms with Crippen LogP contribution >= 0.6 is 35.6 Å². The third-order valence-corrected chi connectivity index (χ3v) is 3.30. The predicted molar refractivity (Wildman–Crippen MR) is 99.7 cm³/mol. The molecule has 2 rings (SSSR count). The summed E-state index contributed by atoms with van der Waals surface area (Å²) in [6.07, 6.45) is 1.54. The number of rotatable bonds is 5. The summed E-state index contributed by atoms with van der Waals surface area (Å²) < 4.78 is 4.80. The molecule has 0 saturated carbocycles. The lowest BCUT2D eigenvalue weighted by Crippen LogP contribution is -2.38. The van der Waals surface area contributed by atoms with E-state index in [9.17, 15) is 0 Å². The second kappa shape index (κ2) is 9.68. The van der Waals surface area contributed by atoms with E-state index in [1.807, 2.05) is 38.1 Å². The van der Waals surface area contributed by atoms with Gasteiger partial charge in [-0.2, -0.15) is 0 Å². The van der Waals surface area contributed by atoms with E-state index < -0.39 is 0 Å². The van der Waals surface area contributed by atoms with E-state index in [0.717, 1.165) is 22.8 Å². The van der Waals surface area contributed by atoms with Crippen molar-refractivity contribution in [1.82, 2.24) is 15.8 Å². The molecule has 22 heavy (non-hydrogen) atoms. The molecule has 1 aromatic carbocycles. The minimum atomic E-state index is 0. The van der Waals surface area contributed by atoms with Gasteiger partial charge in [0.05, 0.1) is 12.6 Å². The van der Waals surface area contributed by atoms with Crippen molar-refractivity contribution in [3.63, 3.8) is 0 Å². The van der Waals surface area contributed by atoms with Crippen LogP contribution in [-0.2, 0) is 6.54 Å². The molecule has 1 atom stereocenters. The highest BCUT2D eigenvalue weighted by Crippen LogP contribution is 2.21. The number of guanidine groups is 1. The van der Waals surface area contributed by atoms with Crippen LogP contribution in [0.4, 0.5) is 0 Å². The van der Waals surface area contributed by atoms with Gasteiger partial charge in [-0.25, -0.2) is 4.99 Å². The average molecular weight is 435 g/mol. The van der Waals surface area contributed by atoms with Crippen molar-refractivity contribution in [2.45, 2.75) is 26.4 Å². The van der Waals surface area contributed by atoms with Crippen molar-refractivity contribution in [2.75, 3.05) is 6.54 Å². The van der Waals surface area contributed by atoms with E-state index in [2.05, 4.69) is 20.8 Å². The first-order valence-corrected chi connectivity index (χ1v) is 7.27. The number of nitrogens with one attached hydrogen (secondary N) is 2. The van der Waals surface area contributed by atoms with E-state index in [1.165, 1.54) is 6.26 Å². The number of aromatic nitrogens is 1. The van der Waals surface area contributed by atoms with E-state index in [1.54, 1.807) is 6.07 Å². The Morgan fingerprint density at radius 1 is 1.36 bits per heavy atom. The lowest BCUT2D eigenvalue weighted by atomic mass is 10.1. The van der Waals surface area contributed by atoms with Gasteiger partial charge in [0.2, 0.25) is 0 Å². The van der Waals surface area contributed by atoms with Crippen molar-refractivity contribution in [3.8, 4) is 0 Å². The minimum absolute atomic E-state index is 0. The molecular formula is C15H20ClIN4O. The van der Waals surface area contributed by atoms with Gasteiger partial charge in [-0.3, -0.25) is 0 Å². The zero-order valence-corrected chi connectivity index (χ0v) is 15.6. The van der Waals surface area contributed by atoms with Gasteiger partial charge in [0, 0.05) is 17.6 Å². The number of benzene rings is 1. The maximum absolute atomic E-state index is 6.22. The summed E-state index contributed by atoms with van der Waals surface area (Å²) in [5.74, 6) is 0.716. The Balaban J connectivity index is 0.00000242.